The maximum absolute atomic E-state index is 12.1. The molecule has 4 aromatic rings. The van der Waals surface area contributed by atoms with E-state index in [4.69, 9.17) is 26.1 Å². The number of halogens is 1. The van der Waals surface area contributed by atoms with Gasteiger partial charge in [-0.15, -0.1) is 0 Å². The Balaban J connectivity index is 1.26. The Kier molecular flexibility index (Phi) is 8.85. The lowest BCUT2D eigenvalue weighted by atomic mass is 10.1. The number of ether oxygens (including phenoxy) is 2. The number of para-hydroxylation sites is 2. The number of carbonyl (C=O) groups is 1. The van der Waals surface area contributed by atoms with E-state index in [0.29, 0.717) is 23.9 Å². The van der Waals surface area contributed by atoms with Gasteiger partial charge in [0.15, 0.2) is 6.61 Å². The summed E-state index contributed by atoms with van der Waals surface area (Å²) in [5.41, 5.74) is 4.52. The number of fused-ring (bicyclic) bond motifs is 1. The third-order valence-electron chi connectivity index (χ3n) is 5.81. The Morgan fingerprint density at radius 1 is 0.944 bits per heavy atom. The first kappa shape index (κ1) is 25.6. The van der Waals surface area contributed by atoms with Crippen LogP contribution in [0.1, 0.15) is 29.8 Å². The first-order valence-corrected chi connectivity index (χ1v) is 12.7. The van der Waals surface area contributed by atoms with Crippen molar-refractivity contribution in [2.24, 2.45) is 0 Å². The topological polar surface area (TPSA) is 65.4 Å². The second kappa shape index (κ2) is 12.5. The number of aromatic nitrogens is 2. The van der Waals surface area contributed by atoms with Crippen LogP contribution in [0.15, 0.2) is 66.7 Å². The van der Waals surface area contributed by atoms with Crippen molar-refractivity contribution in [1.82, 2.24) is 14.9 Å². The number of carbonyl (C=O) groups excluding carboxylic acids is 1. The largest absolute Gasteiger partial charge is 0.494 e. The highest BCUT2D eigenvalue weighted by atomic mass is 35.5. The number of nitrogens with zero attached hydrogens (tertiary/aromatic N) is 2. The number of hydrogen-bond donors (Lipinski definition) is 1. The molecule has 0 aliphatic carbocycles. The van der Waals surface area contributed by atoms with Gasteiger partial charge in [0.25, 0.3) is 5.91 Å². The molecule has 0 saturated carbocycles. The van der Waals surface area contributed by atoms with Gasteiger partial charge in [-0.25, -0.2) is 4.98 Å². The molecule has 0 unspecified atom stereocenters. The SMILES string of the molecule is Cc1cc(C)cc(OCCCn2c(CCCNC(=O)COc3ccc(Cl)cc3)nc3ccccc32)c1. The summed E-state index contributed by atoms with van der Waals surface area (Å²) in [4.78, 5) is 17.0. The summed E-state index contributed by atoms with van der Waals surface area (Å²) in [7, 11) is 0. The van der Waals surface area contributed by atoms with Crippen LogP contribution in [0, 0.1) is 13.8 Å². The number of hydrogen-bond acceptors (Lipinski definition) is 4. The third kappa shape index (κ3) is 7.25. The van der Waals surface area contributed by atoms with E-state index in [1.165, 1.54) is 11.1 Å². The van der Waals surface area contributed by atoms with E-state index < -0.39 is 0 Å². The lowest BCUT2D eigenvalue weighted by molar-refractivity contribution is -0.123. The zero-order valence-electron chi connectivity index (χ0n) is 20.8. The molecule has 0 bridgehead atoms. The van der Waals surface area contributed by atoms with Gasteiger partial charge in [-0.05, 0) is 86.3 Å². The molecule has 1 heterocycles. The van der Waals surface area contributed by atoms with Crippen molar-refractivity contribution in [3.05, 3.63) is 88.7 Å². The molecule has 188 valence electrons. The molecule has 0 aliphatic heterocycles. The van der Waals surface area contributed by atoms with Crippen LogP contribution in [0.25, 0.3) is 11.0 Å². The number of nitrogens with one attached hydrogen (secondary N) is 1. The van der Waals surface area contributed by atoms with Crippen LogP contribution in [-0.4, -0.2) is 35.2 Å². The molecule has 6 nitrogen and oxygen atoms in total. The molecule has 36 heavy (non-hydrogen) atoms. The van der Waals surface area contributed by atoms with Crippen molar-refractivity contribution in [1.29, 1.82) is 0 Å². The average molecular weight is 506 g/mol. The fourth-order valence-electron chi connectivity index (χ4n) is 4.20. The Labute approximate surface area is 217 Å². The van der Waals surface area contributed by atoms with Gasteiger partial charge >= 0.3 is 0 Å². The van der Waals surface area contributed by atoms with Gasteiger partial charge < -0.3 is 19.4 Å². The van der Waals surface area contributed by atoms with Crippen LogP contribution in [-0.2, 0) is 17.8 Å². The van der Waals surface area contributed by atoms with E-state index in [1.54, 1.807) is 24.3 Å². The molecule has 1 amide bonds. The van der Waals surface area contributed by atoms with Crippen LogP contribution >= 0.6 is 11.6 Å². The molecule has 0 spiro atoms. The van der Waals surface area contributed by atoms with Crippen molar-refractivity contribution in [3.63, 3.8) is 0 Å². The first-order chi connectivity index (χ1) is 17.5. The minimum Gasteiger partial charge on any atom is -0.494 e. The fourth-order valence-corrected chi connectivity index (χ4v) is 4.33. The molecule has 1 aromatic heterocycles. The summed E-state index contributed by atoms with van der Waals surface area (Å²) >= 11 is 5.87. The highest BCUT2D eigenvalue weighted by molar-refractivity contribution is 6.30. The average Bonchev–Trinajstić information content (AvgIpc) is 3.21. The van der Waals surface area contributed by atoms with Crippen LogP contribution in [0.2, 0.25) is 5.02 Å². The maximum Gasteiger partial charge on any atom is 0.257 e. The van der Waals surface area contributed by atoms with Gasteiger partial charge in [-0.3, -0.25) is 4.79 Å². The second-order valence-corrected chi connectivity index (χ2v) is 9.33. The molecule has 0 radical (unpaired) electrons. The summed E-state index contributed by atoms with van der Waals surface area (Å²) in [6.07, 6.45) is 2.43. The molecule has 0 fully saturated rings. The Hall–Kier alpha value is -3.51. The summed E-state index contributed by atoms with van der Waals surface area (Å²) in [5.74, 6) is 2.40. The maximum atomic E-state index is 12.1. The van der Waals surface area contributed by atoms with E-state index in [-0.39, 0.29) is 12.5 Å². The van der Waals surface area contributed by atoms with E-state index >= 15 is 0 Å². The van der Waals surface area contributed by atoms with Gasteiger partial charge in [-0.2, -0.15) is 0 Å². The van der Waals surface area contributed by atoms with Gasteiger partial charge in [0, 0.05) is 24.5 Å². The minimum absolute atomic E-state index is 0.0272. The molecule has 3 aromatic carbocycles. The lowest BCUT2D eigenvalue weighted by Crippen LogP contribution is -2.30. The van der Waals surface area contributed by atoms with Gasteiger partial charge in [0.2, 0.25) is 0 Å². The van der Waals surface area contributed by atoms with E-state index in [1.807, 2.05) is 18.2 Å². The summed E-state index contributed by atoms with van der Waals surface area (Å²) in [6, 6.07) is 21.4. The number of aryl methyl sites for hydroxylation is 4. The minimum atomic E-state index is -0.151. The predicted molar refractivity (Wildman–Crippen MR) is 144 cm³/mol. The molecule has 1 N–H and O–H groups in total. The number of benzene rings is 3. The van der Waals surface area contributed by atoms with Crippen molar-refractivity contribution < 1.29 is 14.3 Å². The molecular formula is C29H32ClN3O3. The van der Waals surface area contributed by atoms with Gasteiger partial charge in [-0.1, -0.05) is 29.8 Å². The quantitative estimate of drug-likeness (QED) is 0.243. The van der Waals surface area contributed by atoms with Crippen molar-refractivity contribution in [2.45, 2.75) is 39.7 Å². The van der Waals surface area contributed by atoms with E-state index in [0.717, 1.165) is 48.4 Å². The van der Waals surface area contributed by atoms with Gasteiger partial charge in [0.1, 0.15) is 17.3 Å². The van der Waals surface area contributed by atoms with Crippen molar-refractivity contribution in [3.8, 4) is 11.5 Å². The highest BCUT2D eigenvalue weighted by Gasteiger charge is 2.11. The fraction of sp³-hybridized carbons (Fsp3) is 0.310. The number of amides is 1. The molecular weight excluding hydrogens is 474 g/mol. The summed E-state index contributed by atoms with van der Waals surface area (Å²) < 4.78 is 13.8. The second-order valence-electron chi connectivity index (χ2n) is 8.89. The van der Waals surface area contributed by atoms with Crippen molar-refractivity contribution >= 4 is 28.5 Å². The molecule has 7 heteroatoms. The standard InChI is InChI=1S/C29H32ClN3O3/c1-21-17-22(2)19-25(18-21)35-16-6-15-33-27-8-4-3-7-26(27)32-28(33)9-5-14-31-29(34)20-36-24-12-10-23(30)11-13-24/h3-4,7-8,10-13,17-19H,5-6,9,14-16,20H2,1-2H3,(H,31,34). The number of rotatable bonds is 12. The normalized spacial score (nSPS) is 11.0. The molecule has 0 saturated heterocycles. The summed E-state index contributed by atoms with van der Waals surface area (Å²) in [6.45, 7) is 6.15. The zero-order chi connectivity index (χ0) is 25.3. The zero-order valence-corrected chi connectivity index (χ0v) is 21.6. The third-order valence-corrected chi connectivity index (χ3v) is 6.06. The van der Waals surface area contributed by atoms with E-state index in [9.17, 15) is 4.79 Å². The monoisotopic (exact) mass is 505 g/mol. The Bertz CT molecular complexity index is 1280. The highest BCUT2D eigenvalue weighted by Crippen LogP contribution is 2.19. The van der Waals surface area contributed by atoms with Crippen LogP contribution in [0.5, 0.6) is 11.5 Å². The van der Waals surface area contributed by atoms with Crippen molar-refractivity contribution in [2.75, 3.05) is 19.8 Å². The van der Waals surface area contributed by atoms with Gasteiger partial charge in [0.05, 0.1) is 17.6 Å². The Morgan fingerprint density at radius 3 is 2.47 bits per heavy atom. The molecule has 4 rings (SSSR count). The lowest BCUT2D eigenvalue weighted by Gasteiger charge is -2.12. The first-order valence-electron chi connectivity index (χ1n) is 12.3. The van der Waals surface area contributed by atoms with Crippen LogP contribution < -0.4 is 14.8 Å². The summed E-state index contributed by atoms with van der Waals surface area (Å²) in [5, 5.41) is 3.55. The van der Waals surface area contributed by atoms with Crippen LogP contribution in [0.3, 0.4) is 0 Å². The smallest absolute Gasteiger partial charge is 0.257 e. The Morgan fingerprint density at radius 2 is 1.69 bits per heavy atom. The predicted octanol–water partition coefficient (Wildman–Crippen LogP) is 5.90. The van der Waals surface area contributed by atoms with Crippen LogP contribution in [0.4, 0.5) is 0 Å². The molecule has 0 atom stereocenters. The molecule has 0 aliphatic rings. The number of imidazole rings is 1. The van der Waals surface area contributed by atoms with E-state index in [2.05, 4.69) is 48.0 Å².